The summed E-state index contributed by atoms with van der Waals surface area (Å²) in [5, 5.41) is 0.759. The largest absolute Gasteiger partial charge is 0.445 e. The van der Waals surface area contributed by atoms with E-state index in [4.69, 9.17) is 10.2 Å². The average Bonchev–Trinajstić information content (AvgIpc) is 3.01. The van der Waals surface area contributed by atoms with Crippen LogP contribution in [0.15, 0.2) is 71.6 Å². The van der Waals surface area contributed by atoms with Crippen molar-refractivity contribution >= 4 is 16.9 Å². The van der Waals surface area contributed by atoms with Gasteiger partial charge in [-0.2, -0.15) is 0 Å². The molecule has 2 heterocycles. The molecule has 0 aliphatic carbocycles. The molecule has 4 aromatic rings. The zero-order valence-corrected chi connectivity index (χ0v) is 11.7. The third-order valence-electron chi connectivity index (χ3n) is 3.70. The van der Waals surface area contributed by atoms with Gasteiger partial charge in [-0.25, -0.2) is 9.97 Å². The summed E-state index contributed by atoms with van der Waals surface area (Å²) in [7, 11) is 0. The van der Waals surface area contributed by atoms with E-state index in [2.05, 4.69) is 46.4 Å². The molecule has 0 amide bonds. The Morgan fingerprint density at radius 3 is 2.23 bits per heavy atom. The van der Waals surface area contributed by atoms with Crippen molar-refractivity contribution < 1.29 is 4.42 Å². The van der Waals surface area contributed by atoms with Gasteiger partial charge in [-0.05, 0) is 16.7 Å². The Labute approximate surface area is 127 Å². The molecular formula is C18H13N3O. The summed E-state index contributed by atoms with van der Waals surface area (Å²) in [5.41, 5.74) is 10.8. The first kappa shape index (κ1) is 12.6. The third kappa shape index (κ3) is 2.02. The van der Waals surface area contributed by atoms with Gasteiger partial charge in [0.2, 0.25) is 5.71 Å². The van der Waals surface area contributed by atoms with Gasteiger partial charge in [-0.15, -0.1) is 0 Å². The van der Waals surface area contributed by atoms with E-state index in [1.807, 2.05) is 18.2 Å². The summed E-state index contributed by atoms with van der Waals surface area (Å²) in [6.45, 7) is 0. The van der Waals surface area contributed by atoms with Gasteiger partial charge >= 0.3 is 0 Å². The highest BCUT2D eigenvalue weighted by atomic mass is 16.3. The van der Waals surface area contributed by atoms with Crippen molar-refractivity contribution in [1.82, 2.24) is 9.97 Å². The lowest BCUT2D eigenvalue weighted by Crippen LogP contribution is -1.92. The fourth-order valence-electron chi connectivity index (χ4n) is 2.58. The summed E-state index contributed by atoms with van der Waals surface area (Å²) < 4.78 is 5.47. The molecule has 22 heavy (non-hydrogen) atoms. The number of nitrogen functional groups attached to an aromatic ring is 1. The summed E-state index contributed by atoms with van der Waals surface area (Å²) in [6.07, 6.45) is 3.08. The van der Waals surface area contributed by atoms with E-state index in [0.29, 0.717) is 11.5 Å². The molecule has 0 unspecified atom stereocenters. The maximum absolute atomic E-state index is 5.95. The molecule has 0 fully saturated rings. The molecule has 0 bridgehead atoms. The monoisotopic (exact) mass is 287 g/mol. The van der Waals surface area contributed by atoms with E-state index in [0.717, 1.165) is 16.5 Å². The number of anilines is 1. The van der Waals surface area contributed by atoms with Gasteiger partial charge in [0.25, 0.3) is 0 Å². The molecule has 2 aromatic heterocycles. The molecule has 106 valence electrons. The molecule has 4 rings (SSSR count). The molecule has 0 spiro atoms. The Morgan fingerprint density at radius 1 is 0.773 bits per heavy atom. The summed E-state index contributed by atoms with van der Waals surface area (Å²) in [6, 6.07) is 18.5. The van der Waals surface area contributed by atoms with Crippen LogP contribution in [0.25, 0.3) is 33.4 Å². The van der Waals surface area contributed by atoms with Gasteiger partial charge in [0.1, 0.15) is 18.4 Å². The molecule has 0 aliphatic heterocycles. The van der Waals surface area contributed by atoms with Gasteiger partial charge in [-0.3, -0.25) is 0 Å². The highest BCUT2D eigenvalue weighted by Gasteiger charge is 2.12. The van der Waals surface area contributed by atoms with Gasteiger partial charge in [-0.1, -0.05) is 54.6 Å². The van der Waals surface area contributed by atoms with Crippen LogP contribution in [0.4, 0.5) is 5.82 Å². The normalized spacial score (nSPS) is 10.9. The average molecular weight is 287 g/mol. The van der Waals surface area contributed by atoms with E-state index in [1.54, 1.807) is 6.26 Å². The first-order chi connectivity index (χ1) is 10.8. The Balaban J connectivity index is 1.80. The van der Waals surface area contributed by atoms with E-state index in [1.165, 1.54) is 17.5 Å². The van der Waals surface area contributed by atoms with Crippen LogP contribution >= 0.6 is 0 Å². The highest BCUT2D eigenvalue weighted by molar-refractivity contribution is 5.98. The van der Waals surface area contributed by atoms with E-state index < -0.39 is 0 Å². The second-order valence-corrected chi connectivity index (χ2v) is 5.03. The first-order valence-electron chi connectivity index (χ1n) is 6.96. The minimum atomic E-state index is 0.431. The number of rotatable bonds is 2. The number of hydrogen-bond acceptors (Lipinski definition) is 4. The van der Waals surface area contributed by atoms with Gasteiger partial charge in [0, 0.05) is 5.56 Å². The van der Waals surface area contributed by atoms with Crippen molar-refractivity contribution in [3.63, 3.8) is 0 Å². The highest BCUT2D eigenvalue weighted by Crippen LogP contribution is 2.33. The standard InChI is InChI=1S/C18H13N3O/c19-17-16-15(10-22-18(16)21-11-20-17)14-8-6-13(7-9-14)12-4-2-1-3-5-12/h1-11H,(H2,19,20,21). The lowest BCUT2D eigenvalue weighted by Gasteiger charge is -2.04. The zero-order valence-electron chi connectivity index (χ0n) is 11.7. The Morgan fingerprint density at radius 2 is 1.45 bits per heavy atom. The quantitative estimate of drug-likeness (QED) is 0.601. The van der Waals surface area contributed by atoms with Crippen LogP contribution in [0.1, 0.15) is 0 Å². The smallest absolute Gasteiger partial charge is 0.231 e. The maximum Gasteiger partial charge on any atom is 0.231 e. The molecule has 2 N–H and O–H groups in total. The predicted octanol–water partition coefficient (Wildman–Crippen LogP) is 4.14. The van der Waals surface area contributed by atoms with Crippen LogP contribution in [0.3, 0.4) is 0 Å². The maximum atomic E-state index is 5.95. The van der Waals surface area contributed by atoms with Gasteiger partial charge < -0.3 is 10.2 Å². The van der Waals surface area contributed by atoms with Crippen LogP contribution in [0, 0.1) is 0 Å². The van der Waals surface area contributed by atoms with Crippen LogP contribution in [-0.2, 0) is 0 Å². The second kappa shape index (κ2) is 5.00. The molecular weight excluding hydrogens is 274 g/mol. The van der Waals surface area contributed by atoms with Crippen molar-refractivity contribution in [2.75, 3.05) is 5.73 Å². The first-order valence-corrected chi connectivity index (χ1v) is 6.96. The number of fused-ring (bicyclic) bond motifs is 1. The second-order valence-electron chi connectivity index (χ2n) is 5.03. The molecule has 2 aromatic carbocycles. The molecule has 0 atom stereocenters. The Kier molecular flexibility index (Phi) is 2.86. The van der Waals surface area contributed by atoms with Crippen LogP contribution in [0.2, 0.25) is 0 Å². The number of furan rings is 1. The van der Waals surface area contributed by atoms with E-state index in [9.17, 15) is 0 Å². The molecule has 0 saturated carbocycles. The summed E-state index contributed by atoms with van der Waals surface area (Å²) in [5.74, 6) is 0.431. The minimum Gasteiger partial charge on any atom is -0.445 e. The number of aromatic nitrogens is 2. The van der Waals surface area contributed by atoms with E-state index >= 15 is 0 Å². The number of nitrogens with zero attached hydrogens (tertiary/aromatic N) is 2. The zero-order chi connectivity index (χ0) is 14.9. The molecule has 4 heteroatoms. The van der Waals surface area contributed by atoms with Crippen LogP contribution < -0.4 is 5.73 Å². The fraction of sp³-hybridized carbons (Fsp3) is 0. The van der Waals surface area contributed by atoms with Gasteiger partial charge in [0.15, 0.2) is 0 Å². The SMILES string of the molecule is Nc1ncnc2occ(-c3ccc(-c4ccccc4)cc3)c12. The van der Waals surface area contributed by atoms with Crippen molar-refractivity contribution in [2.24, 2.45) is 0 Å². The minimum absolute atomic E-state index is 0.431. The van der Waals surface area contributed by atoms with Crippen molar-refractivity contribution in [3.05, 3.63) is 67.2 Å². The number of benzene rings is 2. The van der Waals surface area contributed by atoms with Gasteiger partial charge in [0.05, 0.1) is 5.39 Å². The van der Waals surface area contributed by atoms with Crippen molar-refractivity contribution in [1.29, 1.82) is 0 Å². The molecule has 0 radical (unpaired) electrons. The Hall–Kier alpha value is -3.14. The van der Waals surface area contributed by atoms with E-state index in [-0.39, 0.29) is 0 Å². The fourth-order valence-corrected chi connectivity index (χ4v) is 2.58. The van der Waals surface area contributed by atoms with Crippen LogP contribution in [0.5, 0.6) is 0 Å². The Bertz CT molecular complexity index is 928. The van der Waals surface area contributed by atoms with Crippen LogP contribution in [-0.4, -0.2) is 9.97 Å². The number of nitrogens with two attached hydrogens (primary N) is 1. The third-order valence-corrected chi connectivity index (χ3v) is 3.70. The van der Waals surface area contributed by atoms with Crippen molar-refractivity contribution in [2.45, 2.75) is 0 Å². The lowest BCUT2D eigenvalue weighted by atomic mass is 10.0. The lowest BCUT2D eigenvalue weighted by molar-refractivity contribution is 0.603. The summed E-state index contributed by atoms with van der Waals surface area (Å²) >= 11 is 0. The number of hydrogen-bond donors (Lipinski definition) is 1. The predicted molar refractivity (Wildman–Crippen MR) is 87.1 cm³/mol. The topological polar surface area (TPSA) is 64.9 Å². The molecule has 0 aliphatic rings. The summed E-state index contributed by atoms with van der Waals surface area (Å²) in [4.78, 5) is 8.13. The molecule has 4 nitrogen and oxygen atoms in total. The van der Waals surface area contributed by atoms with Crippen molar-refractivity contribution in [3.8, 4) is 22.3 Å². The molecule has 0 saturated heterocycles.